The van der Waals surface area contributed by atoms with E-state index in [9.17, 15) is 9.59 Å². The van der Waals surface area contributed by atoms with E-state index >= 15 is 0 Å². The van der Waals surface area contributed by atoms with E-state index in [1.54, 1.807) is 30.3 Å². The lowest BCUT2D eigenvalue weighted by molar-refractivity contribution is -0.118. The SMILES string of the molecule is Cc1cc(=O)oc2cc(OCC(=O)Nc3ccc(Br)cc3)ccc12. The highest BCUT2D eigenvalue weighted by Gasteiger charge is 2.07. The Bertz CT molecular complexity index is 947. The highest BCUT2D eigenvalue weighted by molar-refractivity contribution is 9.10. The maximum atomic E-state index is 11.9. The zero-order chi connectivity index (χ0) is 17.1. The smallest absolute Gasteiger partial charge is 0.336 e. The number of carbonyl (C=O) groups is 1. The van der Waals surface area contributed by atoms with Crippen molar-refractivity contribution in [2.24, 2.45) is 0 Å². The zero-order valence-corrected chi connectivity index (χ0v) is 14.4. The van der Waals surface area contributed by atoms with Gasteiger partial charge in [0.25, 0.3) is 5.91 Å². The molecule has 0 aliphatic carbocycles. The quantitative estimate of drug-likeness (QED) is 0.689. The van der Waals surface area contributed by atoms with Crippen LogP contribution < -0.4 is 15.7 Å². The van der Waals surface area contributed by atoms with Crippen LogP contribution in [0.4, 0.5) is 5.69 Å². The first-order valence-electron chi connectivity index (χ1n) is 7.24. The molecule has 0 atom stereocenters. The normalized spacial score (nSPS) is 10.6. The molecule has 0 radical (unpaired) electrons. The van der Waals surface area contributed by atoms with E-state index in [-0.39, 0.29) is 12.5 Å². The minimum absolute atomic E-state index is 0.141. The molecule has 1 N–H and O–H groups in total. The first-order chi connectivity index (χ1) is 11.5. The van der Waals surface area contributed by atoms with Gasteiger partial charge in [-0.2, -0.15) is 0 Å². The van der Waals surface area contributed by atoms with Crippen LogP contribution in [0, 0.1) is 6.92 Å². The number of ether oxygens (including phenoxy) is 1. The summed E-state index contributed by atoms with van der Waals surface area (Å²) in [6.07, 6.45) is 0. The molecule has 5 nitrogen and oxygen atoms in total. The summed E-state index contributed by atoms with van der Waals surface area (Å²) in [6, 6.07) is 13.8. The molecule has 6 heteroatoms. The molecule has 1 aromatic heterocycles. The van der Waals surface area contributed by atoms with Gasteiger partial charge in [0.05, 0.1) is 0 Å². The van der Waals surface area contributed by atoms with Gasteiger partial charge < -0.3 is 14.5 Å². The van der Waals surface area contributed by atoms with Gasteiger partial charge in [-0.05, 0) is 48.9 Å². The first kappa shape index (κ1) is 16.3. The molecule has 0 saturated carbocycles. The fourth-order valence-electron chi connectivity index (χ4n) is 2.27. The Morgan fingerprint density at radius 3 is 2.67 bits per heavy atom. The van der Waals surface area contributed by atoms with Gasteiger partial charge in [-0.1, -0.05) is 15.9 Å². The zero-order valence-electron chi connectivity index (χ0n) is 12.8. The molecule has 122 valence electrons. The van der Waals surface area contributed by atoms with Crippen LogP contribution in [-0.4, -0.2) is 12.5 Å². The van der Waals surface area contributed by atoms with E-state index in [0.29, 0.717) is 17.0 Å². The molecule has 0 fully saturated rings. The summed E-state index contributed by atoms with van der Waals surface area (Å²) >= 11 is 3.33. The Morgan fingerprint density at radius 1 is 1.17 bits per heavy atom. The predicted octanol–water partition coefficient (Wildman–Crippen LogP) is 3.88. The van der Waals surface area contributed by atoms with Crippen molar-refractivity contribution in [3.05, 3.63) is 69.0 Å². The average Bonchev–Trinajstić information content (AvgIpc) is 2.54. The van der Waals surface area contributed by atoms with Crippen molar-refractivity contribution in [3.8, 4) is 5.75 Å². The van der Waals surface area contributed by atoms with Crippen molar-refractivity contribution >= 4 is 38.5 Å². The monoisotopic (exact) mass is 387 g/mol. The molecule has 3 aromatic rings. The number of anilines is 1. The van der Waals surface area contributed by atoms with Crippen LogP contribution >= 0.6 is 15.9 Å². The van der Waals surface area contributed by atoms with Crippen LogP contribution in [0.1, 0.15) is 5.56 Å². The highest BCUT2D eigenvalue weighted by atomic mass is 79.9. The van der Waals surface area contributed by atoms with E-state index in [1.165, 1.54) is 6.07 Å². The fourth-order valence-corrected chi connectivity index (χ4v) is 2.54. The first-order valence-corrected chi connectivity index (χ1v) is 8.03. The van der Waals surface area contributed by atoms with E-state index < -0.39 is 5.63 Å². The Kier molecular flexibility index (Phi) is 4.66. The number of carbonyl (C=O) groups excluding carboxylic acids is 1. The summed E-state index contributed by atoms with van der Waals surface area (Å²) in [5.74, 6) is 0.185. The average molecular weight is 388 g/mol. The number of amides is 1. The summed E-state index contributed by atoms with van der Waals surface area (Å²) in [5, 5.41) is 3.57. The summed E-state index contributed by atoms with van der Waals surface area (Å²) in [4.78, 5) is 23.4. The van der Waals surface area contributed by atoms with Gasteiger partial charge >= 0.3 is 5.63 Å². The number of hydrogen-bond acceptors (Lipinski definition) is 4. The summed E-state index contributed by atoms with van der Waals surface area (Å²) in [6.45, 7) is 1.70. The van der Waals surface area contributed by atoms with Crippen molar-refractivity contribution in [1.29, 1.82) is 0 Å². The van der Waals surface area contributed by atoms with Gasteiger partial charge in [-0.25, -0.2) is 4.79 Å². The number of benzene rings is 2. The van der Waals surface area contributed by atoms with Crippen molar-refractivity contribution < 1.29 is 13.9 Å². The molecular weight excluding hydrogens is 374 g/mol. The third-order valence-corrected chi connectivity index (χ3v) is 3.95. The largest absolute Gasteiger partial charge is 0.484 e. The lowest BCUT2D eigenvalue weighted by Gasteiger charge is -2.08. The summed E-state index contributed by atoms with van der Waals surface area (Å²) < 4.78 is 11.6. The highest BCUT2D eigenvalue weighted by Crippen LogP contribution is 2.22. The second-order valence-corrected chi connectivity index (χ2v) is 6.17. The van der Waals surface area contributed by atoms with Crippen LogP contribution in [0.25, 0.3) is 11.0 Å². The minimum Gasteiger partial charge on any atom is -0.484 e. The van der Waals surface area contributed by atoms with Crippen molar-refractivity contribution in [1.82, 2.24) is 0 Å². The van der Waals surface area contributed by atoms with Crippen LogP contribution in [0.5, 0.6) is 5.75 Å². The molecule has 0 bridgehead atoms. The number of nitrogens with one attached hydrogen (secondary N) is 1. The molecular formula is C18H14BrNO4. The molecule has 0 unspecified atom stereocenters. The van der Waals surface area contributed by atoms with Gasteiger partial charge in [0, 0.05) is 27.7 Å². The maximum Gasteiger partial charge on any atom is 0.336 e. The molecule has 0 saturated heterocycles. The molecule has 2 aromatic carbocycles. The topological polar surface area (TPSA) is 68.5 Å². The molecule has 0 spiro atoms. The fraction of sp³-hybridized carbons (Fsp3) is 0.111. The minimum atomic E-state index is -0.412. The van der Waals surface area contributed by atoms with Crippen LogP contribution in [-0.2, 0) is 4.79 Å². The molecule has 0 aliphatic heterocycles. The van der Waals surface area contributed by atoms with Crippen molar-refractivity contribution in [2.45, 2.75) is 6.92 Å². The lowest BCUT2D eigenvalue weighted by atomic mass is 10.1. The van der Waals surface area contributed by atoms with Gasteiger partial charge in [0.15, 0.2) is 6.61 Å². The van der Waals surface area contributed by atoms with Crippen molar-refractivity contribution in [3.63, 3.8) is 0 Å². The Labute approximate surface area is 146 Å². The second-order valence-electron chi connectivity index (χ2n) is 5.25. The van der Waals surface area contributed by atoms with Crippen LogP contribution in [0.2, 0.25) is 0 Å². The van der Waals surface area contributed by atoms with E-state index in [0.717, 1.165) is 15.4 Å². The summed E-state index contributed by atoms with van der Waals surface area (Å²) in [7, 11) is 0. The van der Waals surface area contributed by atoms with Gasteiger partial charge in [-0.3, -0.25) is 4.79 Å². The Balaban J connectivity index is 1.67. The second kappa shape index (κ2) is 6.88. The third kappa shape index (κ3) is 3.83. The van der Waals surface area contributed by atoms with Gasteiger partial charge in [0.1, 0.15) is 11.3 Å². The number of halogens is 1. The molecule has 24 heavy (non-hydrogen) atoms. The van der Waals surface area contributed by atoms with Crippen LogP contribution in [0.3, 0.4) is 0 Å². The third-order valence-electron chi connectivity index (χ3n) is 3.42. The number of rotatable bonds is 4. The Hall–Kier alpha value is -2.60. The molecule has 3 rings (SSSR count). The molecule has 1 heterocycles. The number of aryl methyl sites for hydroxylation is 1. The lowest BCUT2D eigenvalue weighted by Crippen LogP contribution is -2.20. The standard InChI is InChI=1S/C18H14BrNO4/c1-11-8-18(22)24-16-9-14(6-7-15(11)16)23-10-17(21)20-13-4-2-12(19)3-5-13/h2-9H,10H2,1H3,(H,20,21). The summed E-state index contributed by atoms with van der Waals surface area (Å²) in [5.41, 5.74) is 1.55. The van der Waals surface area contributed by atoms with E-state index in [4.69, 9.17) is 9.15 Å². The van der Waals surface area contributed by atoms with E-state index in [1.807, 2.05) is 19.1 Å². The van der Waals surface area contributed by atoms with Crippen LogP contribution in [0.15, 0.2) is 62.2 Å². The van der Waals surface area contributed by atoms with E-state index in [2.05, 4.69) is 21.2 Å². The van der Waals surface area contributed by atoms with Crippen molar-refractivity contribution in [2.75, 3.05) is 11.9 Å². The van der Waals surface area contributed by atoms with Gasteiger partial charge in [-0.15, -0.1) is 0 Å². The van der Waals surface area contributed by atoms with Gasteiger partial charge in [0.2, 0.25) is 0 Å². The number of fused-ring (bicyclic) bond motifs is 1. The predicted molar refractivity (Wildman–Crippen MR) is 95.5 cm³/mol. The number of hydrogen-bond donors (Lipinski definition) is 1. The molecule has 0 aliphatic rings. The maximum absolute atomic E-state index is 11.9. The Morgan fingerprint density at radius 2 is 1.92 bits per heavy atom. The molecule has 1 amide bonds.